The Hall–Kier alpha value is -3.41. The number of hydrogen-bond acceptors (Lipinski definition) is 7. The van der Waals surface area contributed by atoms with Crippen molar-refractivity contribution in [3.63, 3.8) is 0 Å². The van der Waals surface area contributed by atoms with E-state index in [1.165, 1.54) is 48.0 Å². The van der Waals surface area contributed by atoms with Crippen LogP contribution in [0, 0.1) is 12.3 Å². The van der Waals surface area contributed by atoms with E-state index < -0.39 is 5.97 Å². The molecule has 1 aliphatic rings. The number of likely N-dealkylation sites (N-methyl/N-ethyl adjacent to an activating group) is 1. The maximum atomic E-state index is 12.7. The van der Waals surface area contributed by atoms with Gasteiger partial charge in [0.05, 0.1) is 28.7 Å². The normalized spacial score (nSPS) is 15.9. The molecule has 7 nitrogen and oxygen atoms in total. The van der Waals surface area contributed by atoms with E-state index in [1.807, 2.05) is 0 Å². The topological polar surface area (TPSA) is 91.3 Å². The number of amidine groups is 1. The highest BCUT2D eigenvalue weighted by Crippen LogP contribution is 2.39. The third-order valence-electron chi connectivity index (χ3n) is 4.18. The number of nitrogens with zero attached hydrogens (tertiary/aromatic N) is 2. The van der Waals surface area contributed by atoms with Crippen LogP contribution in [0.25, 0.3) is 6.08 Å². The molecule has 0 bridgehead atoms. The predicted molar refractivity (Wildman–Crippen MR) is 119 cm³/mol. The summed E-state index contributed by atoms with van der Waals surface area (Å²) in [6, 6.07) is 9.20. The molecule has 0 N–H and O–H groups in total. The van der Waals surface area contributed by atoms with E-state index in [0.717, 1.165) is 0 Å². The number of thioether (sulfide) groups is 1. The summed E-state index contributed by atoms with van der Waals surface area (Å²) in [6.45, 7) is 0.0411. The van der Waals surface area contributed by atoms with E-state index in [1.54, 1.807) is 25.3 Å². The lowest BCUT2D eigenvalue weighted by Gasteiger charge is -2.11. The first kappa shape index (κ1) is 22.3. The second-order valence-corrected chi connectivity index (χ2v) is 7.65. The van der Waals surface area contributed by atoms with Gasteiger partial charge in [-0.1, -0.05) is 29.7 Å². The molecule has 9 heteroatoms. The van der Waals surface area contributed by atoms with Gasteiger partial charge in [-0.05, 0) is 53.2 Å². The highest BCUT2D eigenvalue weighted by atomic mass is 35.5. The van der Waals surface area contributed by atoms with Crippen molar-refractivity contribution in [2.75, 3.05) is 20.8 Å². The average Bonchev–Trinajstić information content (AvgIpc) is 3.00. The number of carbonyl (C=O) groups is 2. The molecule has 0 spiro atoms. The largest absolute Gasteiger partial charge is 0.545 e. The molecule has 1 aliphatic heterocycles. The Labute approximate surface area is 188 Å². The minimum atomic E-state index is -1.27. The number of carbonyl (C=O) groups excluding carboxylic acids is 2. The summed E-state index contributed by atoms with van der Waals surface area (Å²) in [4.78, 5) is 29.8. The van der Waals surface area contributed by atoms with Crippen molar-refractivity contribution >= 4 is 52.2 Å². The molecule has 0 unspecified atom stereocenters. The Bertz CT molecular complexity index is 1140. The van der Waals surface area contributed by atoms with Crippen LogP contribution in [0.15, 0.2) is 46.3 Å². The van der Waals surface area contributed by atoms with Crippen LogP contribution in [0.1, 0.15) is 15.9 Å². The second-order valence-electron chi connectivity index (χ2n) is 6.23. The molecular formula is C22H16ClN2O5S-. The van der Waals surface area contributed by atoms with Gasteiger partial charge in [-0.2, -0.15) is 0 Å². The predicted octanol–water partition coefficient (Wildman–Crippen LogP) is 2.96. The molecule has 3 rings (SSSR count). The van der Waals surface area contributed by atoms with E-state index in [9.17, 15) is 14.7 Å². The summed E-state index contributed by atoms with van der Waals surface area (Å²) < 4.78 is 10.7. The Morgan fingerprint density at radius 1 is 1.35 bits per heavy atom. The van der Waals surface area contributed by atoms with Gasteiger partial charge in [0, 0.05) is 7.05 Å². The zero-order valence-electron chi connectivity index (χ0n) is 16.5. The highest BCUT2D eigenvalue weighted by Gasteiger charge is 2.30. The number of amides is 1. The summed E-state index contributed by atoms with van der Waals surface area (Å²) in [5.74, 6) is 1.58. The van der Waals surface area contributed by atoms with Crippen molar-refractivity contribution in [3.8, 4) is 23.8 Å². The molecule has 0 aromatic heterocycles. The fourth-order valence-corrected chi connectivity index (χ4v) is 3.92. The maximum Gasteiger partial charge on any atom is 0.266 e. The minimum Gasteiger partial charge on any atom is -0.545 e. The van der Waals surface area contributed by atoms with Gasteiger partial charge < -0.3 is 19.4 Å². The number of methoxy groups -OCH3 is 1. The zero-order valence-corrected chi connectivity index (χ0v) is 18.1. The average molecular weight is 456 g/mol. The molecule has 2 aromatic rings. The Morgan fingerprint density at radius 2 is 2.06 bits per heavy atom. The van der Waals surface area contributed by atoms with Gasteiger partial charge in [0.25, 0.3) is 5.91 Å². The van der Waals surface area contributed by atoms with Crippen molar-refractivity contribution in [1.82, 2.24) is 4.90 Å². The fraction of sp³-hybridized carbons (Fsp3) is 0.136. The van der Waals surface area contributed by atoms with E-state index >= 15 is 0 Å². The number of terminal acetylenes is 1. The van der Waals surface area contributed by atoms with Crippen molar-refractivity contribution in [2.24, 2.45) is 4.99 Å². The lowest BCUT2D eigenvalue weighted by atomic mass is 10.2. The third kappa shape index (κ3) is 5.02. The third-order valence-corrected chi connectivity index (χ3v) is 5.52. The summed E-state index contributed by atoms with van der Waals surface area (Å²) in [5.41, 5.74) is 1.19. The number of carboxylic acids is 1. The van der Waals surface area contributed by atoms with Crippen molar-refractivity contribution in [1.29, 1.82) is 0 Å². The van der Waals surface area contributed by atoms with Crippen LogP contribution in [0.2, 0.25) is 5.02 Å². The molecule has 1 fully saturated rings. The lowest BCUT2D eigenvalue weighted by Crippen LogP contribution is -2.23. The summed E-state index contributed by atoms with van der Waals surface area (Å²) in [6.07, 6.45) is 6.89. The number of aromatic carboxylic acids is 1. The van der Waals surface area contributed by atoms with Crippen LogP contribution in [0.4, 0.5) is 5.69 Å². The minimum absolute atomic E-state index is 0.0411. The van der Waals surface area contributed by atoms with Gasteiger partial charge in [0.2, 0.25) is 0 Å². The smallest absolute Gasteiger partial charge is 0.266 e. The quantitative estimate of drug-likeness (QED) is 0.491. The molecule has 31 heavy (non-hydrogen) atoms. The lowest BCUT2D eigenvalue weighted by molar-refractivity contribution is -0.255. The van der Waals surface area contributed by atoms with Crippen LogP contribution < -0.4 is 14.6 Å². The number of halogens is 1. The standard InChI is InChI=1S/C22H17ClN2O5S/c1-4-9-30-19-16(23)10-13(11-17(19)29-3)12-18-20(26)25(2)22(31-18)24-15-7-5-14(6-8-15)21(27)28/h1,5-8,10-12H,9H2,2-3H3,(H,27,28)/p-1/b18-12-,24-22?. The first-order chi connectivity index (χ1) is 14.8. The maximum absolute atomic E-state index is 12.7. The number of hydrogen-bond donors (Lipinski definition) is 0. The van der Waals surface area contributed by atoms with Gasteiger partial charge in [-0.3, -0.25) is 9.69 Å². The van der Waals surface area contributed by atoms with Crippen LogP contribution in [-0.4, -0.2) is 42.7 Å². The summed E-state index contributed by atoms with van der Waals surface area (Å²) in [7, 11) is 3.08. The summed E-state index contributed by atoms with van der Waals surface area (Å²) in [5, 5.41) is 11.6. The van der Waals surface area contributed by atoms with Crippen LogP contribution in [0.3, 0.4) is 0 Å². The van der Waals surface area contributed by atoms with E-state index in [0.29, 0.717) is 37.8 Å². The van der Waals surface area contributed by atoms with Gasteiger partial charge in [0.1, 0.15) is 6.61 Å². The molecule has 1 amide bonds. The summed E-state index contributed by atoms with van der Waals surface area (Å²) >= 11 is 7.48. The van der Waals surface area contributed by atoms with Crippen molar-refractivity contribution in [3.05, 3.63) is 57.5 Å². The van der Waals surface area contributed by atoms with Gasteiger partial charge in [0.15, 0.2) is 16.7 Å². The van der Waals surface area contributed by atoms with Crippen molar-refractivity contribution in [2.45, 2.75) is 0 Å². The molecule has 2 aromatic carbocycles. The van der Waals surface area contributed by atoms with Crippen LogP contribution in [0.5, 0.6) is 11.5 Å². The van der Waals surface area contributed by atoms with Crippen LogP contribution in [-0.2, 0) is 4.79 Å². The monoisotopic (exact) mass is 455 g/mol. The first-order valence-electron chi connectivity index (χ1n) is 8.85. The van der Waals surface area contributed by atoms with Crippen LogP contribution >= 0.6 is 23.4 Å². The molecule has 0 radical (unpaired) electrons. The fourth-order valence-electron chi connectivity index (χ4n) is 2.66. The van der Waals surface area contributed by atoms with E-state index in [2.05, 4.69) is 10.9 Å². The Kier molecular flexibility index (Phi) is 6.90. The highest BCUT2D eigenvalue weighted by molar-refractivity contribution is 8.18. The van der Waals surface area contributed by atoms with Gasteiger partial charge in [-0.15, -0.1) is 6.42 Å². The second kappa shape index (κ2) is 9.60. The number of aliphatic imine (C=N–C) groups is 1. The first-order valence-corrected chi connectivity index (χ1v) is 10.0. The van der Waals surface area contributed by atoms with Crippen molar-refractivity contribution < 1.29 is 24.2 Å². The molecule has 158 valence electrons. The molecular weight excluding hydrogens is 440 g/mol. The molecule has 0 saturated carbocycles. The number of benzene rings is 2. The van der Waals surface area contributed by atoms with E-state index in [-0.39, 0.29) is 18.1 Å². The van der Waals surface area contributed by atoms with Gasteiger partial charge >= 0.3 is 0 Å². The number of ether oxygens (including phenoxy) is 2. The number of carboxylic acid groups (broad SMARTS) is 1. The molecule has 0 aliphatic carbocycles. The molecule has 0 atom stereocenters. The SMILES string of the molecule is C#CCOc1c(Cl)cc(/C=C2\SC(=Nc3ccc(C(=O)[O-])cc3)N(C)C2=O)cc1OC. The Morgan fingerprint density at radius 3 is 2.68 bits per heavy atom. The van der Waals surface area contributed by atoms with E-state index in [4.69, 9.17) is 27.5 Å². The molecule has 1 heterocycles. The molecule has 1 saturated heterocycles. The zero-order chi connectivity index (χ0) is 22.5. The van der Waals surface area contributed by atoms with Gasteiger partial charge in [-0.25, -0.2) is 4.99 Å². The Balaban J connectivity index is 1.88. The number of rotatable bonds is 6.